The van der Waals surface area contributed by atoms with Crippen LogP contribution in [0.2, 0.25) is 5.02 Å². The highest BCUT2D eigenvalue weighted by Crippen LogP contribution is 2.33. The molecule has 0 radical (unpaired) electrons. The van der Waals surface area contributed by atoms with Crippen molar-refractivity contribution >= 4 is 29.7 Å². The number of piperidine rings is 2. The molecule has 2 fully saturated rings. The van der Waals surface area contributed by atoms with Crippen molar-refractivity contribution in [1.82, 2.24) is 9.80 Å². The Balaban J connectivity index is 1.34. The van der Waals surface area contributed by atoms with Crippen molar-refractivity contribution in [3.63, 3.8) is 0 Å². The summed E-state index contributed by atoms with van der Waals surface area (Å²) in [6.45, 7) is 5.19. The molecular weight excluding hydrogens is 507 g/mol. The van der Waals surface area contributed by atoms with Crippen LogP contribution in [0.1, 0.15) is 48.3 Å². The fraction of sp³-hybridized carbons (Fsp3) is 0.467. The number of hydrogen-bond donors (Lipinski definition) is 0. The molecule has 2 aromatic carbocycles. The topological polar surface area (TPSA) is 59.1 Å². The molecule has 204 valence electrons. The summed E-state index contributed by atoms with van der Waals surface area (Å²) in [5.74, 6) is 0.399. The Bertz CT molecular complexity index is 1100. The van der Waals surface area contributed by atoms with Crippen LogP contribution in [0, 0.1) is 18.7 Å². The Kier molecular flexibility index (Phi) is 9.80. The van der Waals surface area contributed by atoms with Gasteiger partial charge in [-0.2, -0.15) is 0 Å². The van der Waals surface area contributed by atoms with Gasteiger partial charge >= 0.3 is 6.16 Å². The summed E-state index contributed by atoms with van der Waals surface area (Å²) in [4.78, 5) is 28.8. The van der Waals surface area contributed by atoms with Crippen molar-refractivity contribution in [3.05, 3.63) is 76.1 Å². The summed E-state index contributed by atoms with van der Waals surface area (Å²) in [7, 11) is 1.32. The van der Waals surface area contributed by atoms with Crippen LogP contribution in [0.5, 0.6) is 0 Å². The number of benzene rings is 2. The standard InChI is InChI=1S/C30H36ClFN2O4/c1-21-17-22(19-27(32)18-21)3-8-29(35)34-15-11-25(12-16-34)28(20-38-30(36)37-2)33-13-9-24(10-14-33)23-4-6-26(31)7-5-23/h3-8,17-19,24-25,28H,9-16,20H2,1-2H3/b8-3+. The summed E-state index contributed by atoms with van der Waals surface area (Å²) in [6, 6.07) is 12.9. The second-order valence-corrected chi connectivity index (χ2v) is 10.7. The quantitative estimate of drug-likeness (QED) is 0.314. The maximum absolute atomic E-state index is 13.7. The molecule has 2 aromatic rings. The second kappa shape index (κ2) is 13.3. The maximum atomic E-state index is 13.7. The molecule has 1 amide bonds. The molecule has 2 saturated heterocycles. The fourth-order valence-electron chi connectivity index (χ4n) is 5.69. The Morgan fingerprint density at radius 2 is 1.74 bits per heavy atom. The number of nitrogens with zero attached hydrogens (tertiary/aromatic N) is 2. The molecule has 0 spiro atoms. The smallest absolute Gasteiger partial charge is 0.438 e. The highest BCUT2D eigenvalue weighted by Gasteiger charge is 2.35. The fourth-order valence-corrected chi connectivity index (χ4v) is 5.82. The highest BCUT2D eigenvalue weighted by atomic mass is 35.5. The third-order valence-corrected chi connectivity index (χ3v) is 8.01. The number of rotatable bonds is 7. The Labute approximate surface area is 229 Å². The van der Waals surface area contributed by atoms with E-state index in [1.165, 1.54) is 30.9 Å². The van der Waals surface area contributed by atoms with Crippen LogP contribution in [0.15, 0.2) is 48.5 Å². The summed E-state index contributed by atoms with van der Waals surface area (Å²) >= 11 is 6.06. The Hall–Kier alpha value is -2.90. The van der Waals surface area contributed by atoms with Gasteiger partial charge in [-0.3, -0.25) is 9.69 Å². The van der Waals surface area contributed by atoms with Crippen LogP contribution in [-0.4, -0.2) is 67.8 Å². The minimum Gasteiger partial charge on any atom is -0.438 e. The number of methoxy groups -OCH3 is 1. The molecule has 1 atom stereocenters. The van der Waals surface area contributed by atoms with Gasteiger partial charge in [0.05, 0.1) is 7.11 Å². The number of amides is 1. The summed E-state index contributed by atoms with van der Waals surface area (Å²) < 4.78 is 23.8. The first-order valence-corrected chi connectivity index (χ1v) is 13.6. The lowest BCUT2D eigenvalue weighted by Crippen LogP contribution is -2.51. The normalized spacial score (nSPS) is 18.5. The molecule has 2 aliphatic heterocycles. The first-order valence-electron chi connectivity index (χ1n) is 13.3. The minimum atomic E-state index is -0.670. The average Bonchev–Trinajstić information content (AvgIpc) is 2.92. The molecule has 0 N–H and O–H groups in total. The van der Waals surface area contributed by atoms with Crippen molar-refractivity contribution in [2.45, 2.75) is 44.6 Å². The zero-order chi connectivity index (χ0) is 27.1. The van der Waals surface area contributed by atoms with Crippen LogP contribution in [0.3, 0.4) is 0 Å². The van der Waals surface area contributed by atoms with Gasteiger partial charge in [0.2, 0.25) is 5.91 Å². The van der Waals surface area contributed by atoms with Crippen LogP contribution >= 0.6 is 11.6 Å². The van der Waals surface area contributed by atoms with E-state index < -0.39 is 6.16 Å². The van der Waals surface area contributed by atoms with E-state index >= 15 is 0 Å². The van der Waals surface area contributed by atoms with Crippen molar-refractivity contribution in [3.8, 4) is 0 Å². The van der Waals surface area contributed by atoms with E-state index in [1.807, 2.05) is 30.0 Å². The molecular formula is C30H36ClFN2O4. The summed E-state index contributed by atoms with van der Waals surface area (Å²) in [6.07, 6.45) is 6.22. The molecule has 1 unspecified atom stereocenters. The number of likely N-dealkylation sites (tertiary alicyclic amines) is 2. The maximum Gasteiger partial charge on any atom is 0.508 e. The number of hydrogen-bond acceptors (Lipinski definition) is 5. The molecule has 6 nitrogen and oxygen atoms in total. The lowest BCUT2D eigenvalue weighted by Gasteiger charge is -2.43. The van der Waals surface area contributed by atoms with Crippen molar-refractivity contribution in [2.75, 3.05) is 39.9 Å². The van der Waals surface area contributed by atoms with Crippen molar-refractivity contribution < 1.29 is 23.5 Å². The van der Waals surface area contributed by atoms with E-state index in [0.29, 0.717) is 30.5 Å². The Morgan fingerprint density at radius 3 is 2.37 bits per heavy atom. The number of carbonyl (C=O) groups is 2. The summed E-state index contributed by atoms with van der Waals surface area (Å²) in [5, 5.41) is 0.746. The van der Waals surface area contributed by atoms with Gasteiger partial charge in [0, 0.05) is 30.2 Å². The number of aryl methyl sites for hydroxylation is 1. The SMILES string of the molecule is COC(=O)OCC(C1CCN(C(=O)/C=C/c2cc(C)cc(F)c2)CC1)N1CCC(c2ccc(Cl)cc2)CC1. The first-order chi connectivity index (χ1) is 18.3. The van der Waals surface area contributed by atoms with Crippen LogP contribution < -0.4 is 0 Å². The zero-order valence-electron chi connectivity index (χ0n) is 22.1. The van der Waals surface area contributed by atoms with Crippen LogP contribution in [0.4, 0.5) is 9.18 Å². The first kappa shape index (κ1) is 28.1. The predicted molar refractivity (Wildman–Crippen MR) is 147 cm³/mol. The predicted octanol–water partition coefficient (Wildman–Crippen LogP) is 6.07. The third kappa shape index (κ3) is 7.58. The van der Waals surface area contributed by atoms with E-state index in [0.717, 1.165) is 49.4 Å². The van der Waals surface area contributed by atoms with Gasteiger partial charge in [-0.15, -0.1) is 0 Å². The molecule has 0 saturated carbocycles. The van der Waals surface area contributed by atoms with Gasteiger partial charge in [-0.25, -0.2) is 9.18 Å². The highest BCUT2D eigenvalue weighted by molar-refractivity contribution is 6.30. The largest absolute Gasteiger partial charge is 0.508 e. The van der Waals surface area contributed by atoms with Crippen molar-refractivity contribution in [1.29, 1.82) is 0 Å². The molecule has 0 aliphatic carbocycles. The van der Waals surface area contributed by atoms with E-state index in [-0.39, 0.29) is 24.4 Å². The lowest BCUT2D eigenvalue weighted by molar-refractivity contribution is -0.127. The minimum absolute atomic E-state index is 0.0725. The number of carbonyl (C=O) groups excluding carboxylic acids is 2. The van der Waals surface area contributed by atoms with Gasteiger partial charge in [0.1, 0.15) is 12.4 Å². The second-order valence-electron chi connectivity index (χ2n) is 10.3. The van der Waals surface area contributed by atoms with Gasteiger partial charge in [0.25, 0.3) is 0 Å². The van der Waals surface area contributed by atoms with Gasteiger partial charge in [-0.05, 0) is 105 Å². The van der Waals surface area contributed by atoms with Crippen LogP contribution in [0.25, 0.3) is 6.08 Å². The molecule has 8 heteroatoms. The van der Waals surface area contributed by atoms with Gasteiger partial charge < -0.3 is 14.4 Å². The van der Waals surface area contributed by atoms with E-state index in [4.69, 9.17) is 21.1 Å². The molecule has 4 rings (SSSR count). The van der Waals surface area contributed by atoms with Gasteiger partial charge in [0.15, 0.2) is 0 Å². The number of halogens is 2. The van der Waals surface area contributed by atoms with Crippen molar-refractivity contribution in [2.24, 2.45) is 5.92 Å². The van der Waals surface area contributed by atoms with Crippen LogP contribution in [-0.2, 0) is 14.3 Å². The van der Waals surface area contributed by atoms with E-state index in [2.05, 4.69) is 17.0 Å². The van der Waals surface area contributed by atoms with Gasteiger partial charge in [-0.1, -0.05) is 29.8 Å². The molecule has 0 aromatic heterocycles. The molecule has 2 aliphatic rings. The molecule has 38 heavy (non-hydrogen) atoms. The molecule has 2 heterocycles. The average molecular weight is 543 g/mol. The Morgan fingerprint density at radius 1 is 1.05 bits per heavy atom. The van der Waals surface area contributed by atoms with E-state index in [9.17, 15) is 14.0 Å². The number of ether oxygens (including phenoxy) is 2. The third-order valence-electron chi connectivity index (χ3n) is 7.76. The summed E-state index contributed by atoms with van der Waals surface area (Å²) in [5.41, 5.74) is 2.80. The lowest BCUT2D eigenvalue weighted by atomic mass is 9.85. The zero-order valence-corrected chi connectivity index (χ0v) is 22.8. The monoisotopic (exact) mass is 542 g/mol. The molecule has 0 bridgehead atoms. The van der Waals surface area contributed by atoms with E-state index in [1.54, 1.807) is 6.08 Å².